The first kappa shape index (κ1) is 18.2. The molecule has 0 amide bonds. The van der Waals surface area contributed by atoms with Crippen molar-refractivity contribution in [2.75, 3.05) is 38.0 Å². The van der Waals surface area contributed by atoms with Crippen LogP contribution >= 0.6 is 0 Å². The van der Waals surface area contributed by atoms with Gasteiger partial charge < -0.3 is 9.80 Å². The molecule has 0 aliphatic carbocycles. The lowest BCUT2D eigenvalue weighted by Crippen LogP contribution is -2.36. The summed E-state index contributed by atoms with van der Waals surface area (Å²) in [5.74, 6) is -0.207. The third kappa shape index (κ3) is 3.38. The minimum atomic E-state index is -0.207. The second-order valence-electron chi connectivity index (χ2n) is 7.63. The molecule has 0 N–H and O–H groups in total. The number of rotatable bonds is 4. The Morgan fingerprint density at radius 3 is 1.64 bits per heavy atom. The van der Waals surface area contributed by atoms with E-state index in [-0.39, 0.29) is 5.82 Å². The van der Waals surface area contributed by atoms with Crippen LogP contribution in [0.4, 0.5) is 15.8 Å². The highest BCUT2D eigenvalue weighted by molar-refractivity contribution is 5.91. The van der Waals surface area contributed by atoms with Crippen molar-refractivity contribution in [3.05, 3.63) is 78.1 Å². The largest absolute Gasteiger partial charge is 0.377 e. The van der Waals surface area contributed by atoms with Gasteiger partial charge in [0.05, 0.1) is 0 Å². The van der Waals surface area contributed by atoms with Crippen molar-refractivity contribution in [3.63, 3.8) is 0 Å². The molecule has 0 saturated heterocycles. The molecule has 0 spiro atoms. The predicted octanol–water partition coefficient (Wildman–Crippen LogP) is 4.60. The summed E-state index contributed by atoms with van der Waals surface area (Å²) in [5.41, 5.74) is 5.72. The number of benzene rings is 3. The molecule has 28 heavy (non-hydrogen) atoms. The lowest BCUT2D eigenvalue weighted by Gasteiger charge is -2.15. The van der Waals surface area contributed by atoms with E-state index in [1.165, 1.54) is 33.9 Å². The van der Waals surface area contributed by atoms with E-state index in [4.69, 9.17) is 0 Å². The van der Waals surface area contributed by atoms with E-state index in [9.17, 15) is 4.39 Å². The second-order valence-corrected chi connectivity index (χ2v) is 7.63. The van der Waals surface area contributed by atoms with Gasteiger partial charge in [-0.05, 0) is 54.6 Å². The molecule has 4 aromatic rings. The fourth-order valence-corrected chi connectivity index (χ4v) is 3.57. The molecule has 4 rings (SSSR count). The van der Waals surface area contributed by atoms with Crippen molar-refractivity contribution < 1.29 is 8.96 Å². The third-order valence-electron chi connectivity index (χ3n) is 5.21. The normalized spacial score (nSPS) is 11.2. The van der Waals surface area contributed by atoms with Gasteiger partial charge in [-0.15, -0.1) is 0 Å². The van der Waals surface area contributed by atoms with E-state index < -0.39 is 0 Å². The molecule has 1 heterocycles. The average molecular weight is 374 g/mol. The quantitative estimate of drug-likeness (QED) is 0.382. The van der Waals surface area contributed by atoms with Gasteiger partial charge in [-0.25, -0.2) is 4.39 Å². The monoisotopic (exact) mass is 374 g/mol. The lowest BCUT2D eigenvalue weighted by molar-refractivity contribution is -0.635. The molecular weight excluding hydrogens is 349 g/mol. The fourth-order valence-electron chi connectivity index (χ4n) is 3.57. The molecule has 0 saturated carbocycles. The molecule has 0 radical (unpaired) electrons. The minimum absolute atomic E-state index is 0.207. The van der Waals surface area contributed by atoms with Crippen LogP contribution in [0.1, 0.15) is 5.56 Å². The Balaban J connectivity index is 2.01. The van der Waals surface area contributed by atoms with Crippen LogP contribution in [-0.2, 0) is 6.54 Å². The number of pyridine rings is 1. The molecule has 0 aliphatic rings. The number of halogens is 1. The number of anilines is 2. The van der Waals surface area contributed by atoms with Crippen molar-refractivity contribution in [3.8, 4) is 0 Å². The van der Waals surface area contributed by atoms with E-state index in [1.807, 2.05) is 12.1 Å². The van der Waals surface area contributed by atoms with E-state index >= 15 is 0 Å². The summed E-state index contributed by atoms with van der Waals surface area (Å²) in [6.07, 6.45) is 0. The number of hydrogen-bond acceptors (Lipinski definition) is 2. The molecule has 0 fully saturated rings. The van der Waals surface area contributed by atoms with Gasteiger partial charge in [0.2, 0.25) is 11.0 Å². The van der Waals surface area contributed by atoms with Crippen molar-refractivity contribution >= 4 is 33.2 Å². The fraction of sp³-hybridized carbons (Fsp3) is 0.208. The van der Waals surface area contributed by atoms with E-state index in [2.05, 4.69) is 85.0 Å². The zero-order chi connectivity index (χ0) is 19.8. The standard InChI is InChI=1S/C24H25FN3/c1-26(2)21-11-7-18-13-19-8-12-22(27(3)4)15-24(19)28(23(18)14-21)16-17-5-9-20(25)10-6-17/h5-15H,16H2,1-4H3/q+1. The van der Waals surface area contributed by atoms with Crippen LogP contribution in [0.2, 0.25) is 0 Å². The van der Waals surface area contributed by atoms with Crippen LogP contribution in [0.25, 0.3) is 21.8 Å². The first-order valence-electron chi connectivity index (χ1n) is 9.42. The lowest BCUT2D eigenvalue weighted by atomic mass is 10.1. The molecule has 142 valence electrons. The molecule has 4 heteroatoms. The maximum atomic E-state index is 13.4. The van der Waals surface area contributed by atoms with Gasteiger partial charge in [-0.1, -0.05) is 0 Å². The summed E-state index contributed by atoms with van der Waals surface area (Å²) in [6, 6.07) is 22.1. The zero-order valence-electron chi connectivity index (χ0n) is 16.8. The highest BCUT2D eigenvalue weighted by Crippen LogP contribution is 2.25. The molecule has 0 aliphatic heterocycles. The van der Waals surface area contributed by atoms with Crippen LogP contribution in [0.5, 0.6) is 0 Å². The number of fused-ring (bicyclic) bond motifs is 2. The van der Waals surface area contributed by atoms with Crippen molar-refractivity contribution in [2.45, 2.75) is 6.54 Å². The summed E-state index contributed by atoms with van der Waals surface area (Å²) < 4.78 is 15.7. The van der Waals surface area contributed by atoms with Gasteiger partial charge in [-0.3, -0.25) is 0 Å². The Morgan fingerprint density at radius 2 is 1.18 bits per heavy atom. The molecule has 3 nitrogen and oxygen atoms in total. The van der Waals surface area contributed by atoms with Gasteiger partial charge >= 0.3 is 0 Å². The molecule has 0 atom stereocenters. The second kappa shape index (κ2) is 7.12. The topological polar surface area (TPSA) is 10.4 Å². The maximum absolute atomic E-state index is 13.4. The van der Waals surface area contributed by atoms with Crippen LogP contribution in [0, 0.1) is 5.82 Å². The van der Waals surface area contributed by atoms with E-state index in [1.54, 1.807) is 0 Å². The number of nitrogens with zero attached hydrogens (tertiary/aromatic N) is 3. The van der Waals surface area contributed by atoms with E-state index in [0.717, 1.165) is 16.9 Å². The third-order valence-corrected chi connectivity index (χ3v) is 5.21. The molecule has 0 bridgehead atoms. The Hall–Kier alpha value is -3.14. The highest BCUT2D eigenvalue weighted by atomic mass is 19.1. The first-order valence-corrected chi connectivity index (χ1v) is 9.42. The summed E-state index contributed by atoms with van der Waals surface area (Å²) in [6.45, 7) is 0.682. The first-order chi connectivity index (χ1) is 13.4. The number of hydrogen-bond donors (Lipinski definition) is 0. The smallest absolute Gasteiger partial charge is 0.215 e. The van der Waals surface area contributed by atoms with Gasteiger partial charge in [0.25, 0.3) is 0 Å². The van der Waals surface area contributed by atoms with Crippen molar-refractivity contribution in [1.82, 2.24) is 0 Å². The predicted molar refractivity (Wildman–Crippen MR) is 116 cm³/mol. The van der Waals surface area contributed by atoms with Gasteiger partial charge in [0.1, 0.15) is 5.82 Å². The maximum Gasteiger partial charge on any atom is 0.215 e. The highest BCUT2D eigenvalue weighted by Gasteiger charge is 2.18. The van der Waals surface area contributed by atoms with Gasteiger partial charge in [0, 0.05) is 68.0 Å². The molecular formula is C24H25FN3+. The summed E-state index contributed by atoms with van der Waals surface area (Å²) in [5, 5.41) is 2.38. The molecule has 3 aromatic carbocycles. The average Bonchev–Trinajstić information content (AvgIpc) is 2.68. The number of aromatic nitrogens is 1. The van der Waals surface area contributed by atoms with Crippen LogP contribution in [-0.4, -0.2) is 28.2 Å². The molecule has 0 unspecified atom stereocenters. The zero-order valence-corrected chi connectivity index (χ0v) is 16.8. The van der Waals surface area contributed by atoms with Crippen LogP contribution in [0.3, 0.4) is 0 Å². The minimum Gasteiger partial charge on any atom is -0.377 e. The van der Waals surface area contributed by atoms with Crippen molar-refractivity contribution in [1.29, 1.82) is 0 Å². The summed E-state index contributed by atoms with van der Waals surface area (Å²) in [4.78, 5) is 4.23. The molecule has 1 aromatic heterocycles. The SMILES string of the molecule is CN(C)c1ccc2cc3ccc(N(C)C)cc3[n+](Cc3ccc(F)cc3)c2c1. The van der Waals surface area contributed by atoms with E-state index in [0.29, 0.717) is 6.54 Å². The summed E-state index contributed by atoms with van der Waals surface area (Å²) >= 11 is 0. The van der Waals surface area contributed by atoms with Gasteiger partial charge in [-0.2, -0.15) is 4.57 Å². The Kier molecular flexibility index (Phi) is 4.63. The Labute approximate surface area is 165 Å². The van der Waals surface area contributed by atoms with Crippen LogP contribution < -0.4 is 14.4 Å². The van der Waals surface area contributed by atoms with Crippen LogP contribution in [0.15, 0.2) is 66.7 Å². The Bertz CT molecular complexity index is 1080. The van der Waals surface area contributed by atoms with Crippen molar-refractivity contribution in [2.24, 2.45) is 0 Å². The summed E-state index contributed by atoms with van der Waals surface area (Å²) in [7, 11) is 8.21. The van der Waals surface area contributed by atoms with Gasteiger partial charge in [0.15, 0.2) is 6.54 Å². The Morgan fingerprint density at radius 1 is 0.679 bits per heavy atom.